The molecule has 4 N–H and O–H groups in total. The van der Waals surface area contributed by atoms with Crippen molar-refractivity contribution in [3.05, 3.63) is 0 Å². The summed E-state index contributed by atoms with van der Waals surface area (Å²) in [5, 5.41) is 0. The molecule has 0 aromatic carbocycles. The first kappa shape index (κ1) is 8.97. The van der Waals surface area contributed by atoms with Crippen LogP contribution in [0.25, 0.3) is 0 Å². The van der Waals surface area contributed by atoms with Gasteiger partial charge in [-0.3, -0.25) is 4.90 Å². The maximum atomic E-state index is 6.15. The summed E-state index contributed by atoms with van der Waals surface area (Å²) in [5.74, 6) is 0. The van der Waals surface area contributed by atoms with Crippen LogP contribution in [-0.4, -0.2) is 30.7 Å². The van der Waals surface area contributed by atoms with Crippen LogP contribution in [0.4, 0.5) is 0 Å². The van der Waals surface area contributed by atoms with Crippen molar-refractivity contribution in [1.29, 1.82) is 0 Å². The first-order valence-electron chi connectivity index (χ1n) is 4.29. The van der Waals surface area contributed by atoms with Crippen molar-refractivity contribution in [2.45, 2.75) is 37.4 Å². The van der Waals surface area contributed by atoms with Crippen LogP contribution < -0.4 is 11.5 Å². The molecule has 2 atom stereocenters. The van der Waals surface area contributed by atoms with Gasteiger partial charge in [0.25, 0.3) is 0 Å². The molecular formula is C8H19N3. The monoisotopic (exact) mass is 157 g/mol. The molecular weight excluding hydrogens is 138 g/mol. The highest BCUT2D eigenvalue weighted by Gasteiger charge is 2.36. The number of hydrogen-bond donors (Lipinski definition) is 2. The predicted molar refractivity (Wildman–Crippen MR) is 47.0 cm³/mol. The average molecular weight is 157 g/mol. The van der Waals surface area contributed by atoms with E-state index in [2.05, 4.69) is 4.90 Å². The van der Waals surface area contributed by atoms with E-state index in [1.807, 2.05) is 14.1 Å². The smallest absolute Gasteiger partial charge is 0.0837 e. The van der Waals surface area contributed by atoms with Crippen LogP contribution in [0.5, 0.6) is 0 Å². The van der Waals surface area contributed by atoms with Gasteiger partial charge in [0.1, 0.15) is 0 Å². The summed E-state index contributed by atoms with van der Waals surface area (Å²) in [6.07, 6.45) is 4.53. The van der Waals surface area contributed by atoms with Crippen molar-refractivity contribution in [2.24, 2.45) is 11.5 Å². The van der Waals surface area contributed by atoms with Gasteiger partial charge in [-0.15, -0.1) is 0 Å². The fourth-order valence-corrected chi connectivity index (χ4v) is 1.76. The van der Waals surface area contributed by atoms with Gasteiger partial charge in [-0.25, -0.2) is 0 Å². The van der Waals surface area contributed by atoms with E-state index >= 15 is 0 Å². The molecule has 0 aromatic heterocycles. The summed E-state index contributed by atoms with van der Waals surface area (Å²) in [7, 11) is 4.01. The molecule has 1 aliphatic rings. The Kier molecular flexibility index (Phi) is 2.52. The normalized spacial score (nSPS) is 39.5. The Labute approximate surface area is 68.7 Å². The SMILES string of the molecule is CN(C)C1(N)CCCCC1N. The van der Waals surface area contributed by atoms with Crippen LogP contribution in [-0.2, 0) is 0 Å². The topological polar surface area (TPSA) is 55.3 Å². The Bertz CT molecular complexity index is 135. The molecule has 0 heterocycles. The highest BCUT2D eigenvalue weighted by atomic mass is 15.3. The first-order valence-corrected chi connectivity index (χ1v) is 4.29. The Balaban J connectivity index is 2.64. The van der Waals surface area contributed by atoms with Crippen LogP contribution in [0, 0.1) is 0 Å². The van der Waals surface area contributed by atoms with Gasteiger partial charge in [0.05, 0.1) is 5.66 Å². The molecule has 0 aromatic rings. The quantitative estimate of drug-likeness (QED) is 0.531. The molecule has 1 fully saturated rings. The molecule has 2 unspecified atom stereocenters. The molecule has 0 radical (unpaired) electrons. The van der Waals surface area contributed by atoms with Crippen molar-refractivity contribution >= 4 is 0 Å². The van der Waals surface area contributed by atoms with E-state index in [0.717, 1.165) is 12.8 Å². The van der Waals surface area contributed by atoms with Crippen molar-refractivity contribution in [3.63, 3.8) is 0 Å². The zero-order valence-corrected chi connectivity index (χ0v) is 7.51. The Morgan fingerprint density at radius 1 is 1.36 bits per heavy atom. The Morgan fingerprint density at radius 2 is 2.00 bits per heavy atom. The molecule has 0 bridgehead atoms. The third-order valence-electron chi connectivity index (χ3n) is 2.82. The molecule has 11 heavy (non-hydrogen) atoms. The molecule has 0 spiro atoms. The van der Waals surface area contributed by atoms with Crippen LogP contribution in [0.3, 0.4) is 0 Å². The van der Waals surface area contributed by atoms with E-state index in [1.165, 1.54) is 12.8 Å². The average Bonchev–Trinajstić information content (AvgIpc) is 1.95. The largest absolute Gasteiger partial charge is 0.325 e. The lowest BCUT2D eigenvalue weighted by Gasteiger charge is -2.44. The molecule has 3 nitrogen and oxygen atoms in total. The van der Waals surface area contributed by atoms with Gasteiger partial charge in [-0.05, 0) is 26.9 Å². The highest BCUT2D eigenvalue weighted by molar-refractivity contribution is 4.94. The number of nitrogens with zero attached hydrogens (tertiary/aromatic N) is 1. The van der Waals surface area contributed by atoms with E-state index in [4.69, 9.17) is 11.5 Å². The second-order valence-electron chi connectivity index (χ2n) is 3.74. The molecule has 3 heteroatoms. The van der Waals surface area contributed by atoms with Crippen molar-refractivity contribution < 1.29 is 0 Å². The summed E-state index contributed by atoms with van der Waals surface area (Å²) in [4.78, 5) is 2.05. The zero-order valence-electron chi connectivity index (χ0n) is 7.51. The van der Waals surface area contributed by atoms with Crippen LogP contribution in [0.1, 0.15) is 25.7 Å². The maximum Gasteiger partial charge on any atom is 0.0837 e. The lowest BCUT2D eigenvalue weighted by Crippen LogP contribution is -2.65. The minimum atomic E-state index is -0.252. The fraction of sp³-hybridized carbons (Fsp3) is 1.00. The van der Waals surface area contributed by atoms with E-state index in [1.54, 1.807) is 0 Å². The standard InChI is InChI=1S/C8H19N3/c1-11(2)8(10)6-4-3-5-7(8)9/h7H,3-6,9-10H2,1-2H3. The number of nitrogens with two attached hydrogens (primary N) is 2. The lowest BCUT2D eigenvalue weighted by atomic mass is 9.84. The number of likely N-dealkylation sites (N-methyl/N-ethyl adjacent to an activating group) is 1. The molecule has 0 saturated heterocycles. The first-order chi connectivity index (χ1) is 5.07. The van der Waals surface area contributed by atoms with Gasteiger partial charge in [-0.1, -0.05) is 12.8 Å². The summed E-state index contributed by atoms with van der Waals surface area (Å²) in [6, 6.07) is 0.145. The summed E-state index contributed by atoms with van der Waals surface area (Å²) >= 11 is 0. The van der Waals surface area contributed by atoms with Gasteiger partial charge in [0, 0.05) is 6.04 Å². The minimum Gasteiger partial charge on any atom is -0.325 e. The number of rotatable bonds is 1. The molecule has 1 aliphatic carbocycles. The van der Waals surface area contributed by atoms with Crippen molar-refractivity contribution in [3.8, 4) is 0 Å². The van der Waals surface area contributed by atoms with Crippen LogP contribution >= 0.6 is 0 Å². The number of hydrogen-bond acceptors (Lipinski definition) is 3. The highest BCUT2D eigenvalue weighted by Crippen LogP contribution is 2.26. The van der Waals surface area contributed by atoms with E-state index in [0.29, 0.717) is 0 Å². The molecule has 0 aliphatic heterocycles. The van der Waals surface area contributed by atoms with Gasteiger partial charge >= 0.3 is 0 Å². The van der Waals surface area contributed by atoms with Gasteiger partial charge in [0.2, 0.25) is 0 Å². The molecule has 0 amide bonds. The second-order valence-corrected chi connectivity index (χ2v) is 3.74. The lowest BCUT2D eigenvalue weighted by molar-refractivity contribution is 0.0839. The second kappa shape index (κ2) is 3.09. The maximum absolute atomic E-state index is 6.15. The summed E-state index contributed by atoms with van der Waals surface area (Å²) in [6.45, 7) is 0. The molecule has 66 valence electrons. The van der Waals surface area contributed by atoms with Gasteiger partial charge in [0.15, 0.2) is 0 Å². The van der Waals surface area contributed by atoms with Crippen LogP contribution in [0.2, 0.25) is 0 Å². The Hall–Kier alpha value is -0.120. The van der Waals surface area contributed by atoms with Crippen molar-refractivity contribution in [1.82, 2.24) is 4.90 Å². The van der Waals surface area contributed by atoms with E-state index in [9.17, 15) is 0 Å². The fourth-order valence-electron chi connectivity index (χ4n) is 1.76. The molecule has 1 rings (SSSR count). The predicted octanol–water partition coefficient (Wildman–Crippen LogP) is 0.104. The third kappa shape index (κ3) is 1.55. The van der Waals surface area contributed by atoms with Crippen molar-refractivity contribution in [2.75, 3.05) is 14.1 Å². The molecule has 1 saturated carbocycles. The van der Waals surface area contributed by atoms with E-state index < -0.39 is 0 Å². The van der Waals surface area contributed by atoms with Crippen LogP contribution in [0.15, 0.2) is 0 Å². The summed E-state index contributed by atoms with van der Waals surface area (Å²) in [5.41, 5.74) is 11.8. The van der Waals surface area contributed by atoms with Gasteiger partial charge in [-0.2, -0.15) is 0 Å². The zero-order chi connectivity index (χ0) is 8.48. The third-order valence-corrected chi connectivity index (χ3v) is 2.82. The Morgan fingerprint density at radius 3 is 2.36 bits per heavy atom. The minimum absolute atomic E-state index is 0.145. The summed E-state index contributed by atoms with van der Waals surface area (Å²) < 4.78 is 0. The van der Waals surface area contributed by atoms with Gasteiger partial charge < -0.3 is 11.5 Å². The van der Waals surface area contributed by atoms with E-state index in [-0.39, 0.29) is 11.7 Å².